The van der Waals surface area contributed by atoms with Crippen LogP contribution in [0, 0.1) is 0 Å². The molecule has 82 valence electrons. The normalized spacial score (nSPS) is 23.5. The zero-order chi connectivity index (χ0) is 10.9. The highest BCUT2D eigenvalue weighted by Crippen LogP contribution is 2.22. The molecule has 0 radical (unpaired) electrons. The number of nitrogens with one attached hydrogen (secondary N) is 1. The highest BCUT2D eigenvalue weighted by atomic mass is 16.2. The number of nitrogens with zero attached hydrogens (tertiary/aromatic N) is 2. The molecule has 14 heavy (non-hydrogen) atoms. The highest BCUT2D eigenvalue weighted by Gasteiger charge is 2.39. The Bertz CT molecular complexity index is 227. The van der Waals surface area contributed by atoms with Crippen molar-refractivity contribution < 1.29 is 4.79 Å². The van der Waals surface area contributed by atoms with Crippen LogP contribution in [0.1, 0.15) is 20.8 Å². The van der Waals surface area contributed by atoms with E-state index in [-0.39, 0.29) is 11.6 Å². The molecule has 0 bridgehead atoms. The van der Waals surface area contributed by atoms with Gasteiger partial charge in [0.25, 0.3) is 0 Å². The van der Waals surface area contributed by atoms with Gasteiger partial charge in [-0.15, -0.1) is 0 Å². The number of carbonyl (C=O) groups is 1. The standard InChI is InChI=1S/C10H21N3O/c1-8-6-13(9(14)12(8)5)10(2,3)7-11-4/h8,11H,6-7H2,1-5H3. The lowest BCUT2D eigenvalue weighted by atomic mass is 10.0. The summed E-state index contributed by atoms with van der Waals surface area (Å²) in [4.78, 5) is 15.6. The SMILES string of the molecule is CNCC(C)(C)N1CC(C)N(C)C1=O. The quantitative estimate of drug-likeness (QED) is 0.727. The Hall–Kier alpha value is -0.770. The second kappa shape index (κ2) is 3.77. The number of likely N-dealkylation sites (N-methyl/N-ethyl adjacent to an activating group) is 2. The summed E-state index contributed by atoms with van der Waals surface area (Å²) in [5.74, 6) is 0. The molecule has 4 nitrogen and oxygen atoms in total. The topological polar surface area (TPSA) is 35.6 Å². The van der Waals surface area contributed by atoms with E-state index in [9.17, 15) is 4.79 Å². The first-order valence-electron chi connectivity index (χ1n) is 5.09. The zero-order valence-corrected chi connectivity index (χ0v) is 9.79. The molecular weight excluding hydrogens is 178 g/mol. The molecule has 1 atom stereocenters. The summed E-state index contributed by atoms with van der Waals surface area (Å²) >= 11 is 0. The summed E-state index contributed by atoms with van der Waals surface area (Å²) in [6.45, 7) is 7.90. The Balaban J connectivity index is 2.75. The van der Waals surface area contributed by atoms with Crippen LogP contribution in [0.3, 0.4) is 0 Å². The first kappa shape index (κ1) is 11.3. The van der Waals surface area contributed by atoms with Crippen molar-refractivity contribution in [3.05, 3.63) is 0 Å². The van der Waals surface area contributed by atoms with Crippen LogP contribution in [0.15, 0.2) is 0 Å². The van der Waals surface area contributed by atoms with Crippen LogP contribution in [0.4, 0.5) is 4.79 Å². The summed E-state index contributed by atoms with van der Waals surface area (Å²) in [6.07, 6.45) is 0. The van der Waals surface area contributed by atoms with E-state index in [1.807, 2.05) is 19.0 Å². The average Bonchev–Trinajstić information content (AvgIpc) is 2.33. The third-order valence-electron chi connectivity index (χ3n) is 2.98. The second-order valence-electron chi connectivity index (χ2n) is 4.70. The van der Waals surface area contributed by atoms with Gasteiger partial charge in [0.05, 0.1) is 5.54 Å². The molecule has 1 unspecified atom stereocenters. The highest BCUT2D eigenvalue weighted by molar-refractivity contribution is 5.77. The monoisotopic (exact) mass is 199 g/mol. The van der Waals surface area contributed by atoms with E-state index in [0.717, 1.165) is 13.1 Å². The van der Waals surface area contributed by atoms with Gasteiger partial charge in [0.2, 0.25) is 0 Å². The fraction of sp³-hybridized carbons (Fsp3) is 0.900. The van der Waals surface area contributed by atoms with Gasteiger partial charge in [-0.1, -0.05) is 0 Å². The molecule has 0 spiro atoms. The number of hydrogen-bond donors (Lipinski definition) is 1. The fourth-order valence-corrected chi connectivity index (χ4v) is 1.88. The van der Waals surface area contributed by atoms with Crippen LogP contribution in [-0.4, -0.2) is 54.6 Å². The maximum Gasteiger partial charge on any atom is 0.320 e. The first-order valence-corrected chi connectivity index (χ1v) is 5.09. The summed E-state index contributed by atoms with van der Waals surface area (Å²) in [6, 6.07) is 0.455. The molecule has 0 aliphatic carbocycles. The van der Waals surface area contributed by atoms with Crippen LogP contribution in [0.25, 0.3) is 0 Å². The van der Waals surface area contributed by atoms with Gasteiger partial charge in [0.15, 0.2) is 0 Å². The Kier molecular flexibility index (Phi) is 3.04. The molecule has 1 heterocycles. The molecule has 4 heteroatoms. The van der Waals surface area contributed by atoms with Gasteiger partial charge in [-0.25, -0.2) is 4.79 Å². The lowest BCUT2D eigenvalue weighted by Gasteiger charge is -2.34. The molecular formula is C10H21N3O. The second-order valence-corrected chi connectivity index (χ2v) is 4.70. The largest absolute Gasteiger partial charge is 0.323 e. The first-order chi connectivity index (χ1) is 6.40. The van der Waals surface area contributed by atoms with Crippen molar-refractivity contribution in [1.29, 1.82) is 0 Å². The van der Waals surface area contributed by atoms with Crippen molar-refractivity contribution >= 4 is 6.03 Å². The molecule has 0 aromatic carbocycles. The van der Waals surface area contributed by atoms with Crippen molar-refractivity contribution in [1.82, 2.24) is 15.1 Å². The van der Waals surface area contributed by atoms with Gasteiger partial charge < -0.3 is 15.1 Å². The van der Waals surface area contributed by atoms with Gasteiger partial charge in [-0.05, 0) is 27.8 Å². The zero-order valence-electron chi connectivity index (χ0n) is 9.79. The van der Waals surface area contributed by atoms with E-state index in [1.165, 1.54) is 0 Å². The molecule has 0 aromatic heterocycles. The Morgan fingerprint density at radius 1 is 1.57 bits per heavy atom. The third kappa shape index (κ3) is 1.85. The predicted molar refractivity (Wildman–Crippen MR) is 57.3 cm³/mol. The maximum atomic E-state index is 11.9. The predicted octanol–water partition coefficient (Wildman–Crippen LogP) is 0.740. The summed E-state index contributed by atoms with van der Waals surface area (Å²) in [5, 5.41) is 3.12. The molecule has 1 aliphatic rings. The van der Waals surface area contributed by atoms with Crippen LogP contribution < -0.4 is 5.32 Å². The van der Waals surface area contributed by atoms with Gasteiger partial charge >= 0.3 is 6.03 Å². The third-order valence-corrected chi connectivity index (χ3v) is 2.98. The molecule has 1 saturated heterocycles. The van der Waals surface area contributed by atoms with Crippen LogP contribution in [0.2, 0.25) is 0 Å². The van der Waals surface area contributed by atoms with E-state index >= 15 is 0 Å². The molecule has 0 saturated carbocycles. The lowest BCUT2D eigenvalue weighted by molar-refractivity contribution is 0.149. The van der Waals surface area contributed by atoms with Crippen molar-refractivity contribution in [2.24, 2.45) is 0 Å². The smallest absolute Gasteiger partial charge is 0.320 e. The molecule has 1 N–H and O–H groups in total. The van der Waals surface area contributed by atoms with Crippen molar-refractivity contribution in [3.8, 4) is 0 Å². The van der Waals surface area contributed by atoms with Gasteiger partial charge in [-0.3, -0.25) is 0 Å². The number of urea groups is 1. The molecule has 2 amide bonds. The maximum absolute atomic E-state index is 11.9. The summed E-state index contributed by atoms with van der Waals surface area (Å²) in [5.41, 5.74) is -0.106. The van der Waals surface area contributed by atoms with Crippen LogP contribution >= 0.6 is 0 Å². The van der Waals surface area contributed by atoms with E-state index in [2.05, 4.69) is 26.1 Å². The number of amides is 2. The Labute approximate surface area is 86.2 Å². The van der Waals surface area contributed by atoms with Crippen molar-refractivity contribution in [2.75, 3.05) is 27.2 Å². The summed E-state index contributed by atoms with van der Waals surface area (Å²) in [7, 11) is 3.78. The van der Waals surface area contributed by atoms with E-state index < -0.39 is 0 Å². The van der Waals surface area contributed by atoms with Crippen molar-refractivity contribution in [2.45, 2.75) is 32.4 Å². The van der Waals surface area contributed by atoms with Gasteiger partial charge in [-0.2, -0.15) is 0 Å². The van der Waals surface area contributed by atoms with Gasteiger partial charge in [0.1, 0.15) is 0 Å². The van der Waals surface area contributed by atoms with E-state index in [0.29, 0.717) is 6.04 Å². The average molecular weight is 199 g/mol. The van der Waals surface area contributed by atoms with Crippen LogP contribution in [0.5, 0.6) is 0 Å². The molecule has 1 rings (SSSR count). The molecule has 1 aliphatic heterocycles. The lowest BCUT2D eigenvalue weighted by Crippen LogP contribution is -2.51. The number of rotatable bonds is 3. The summed E-state index contributed by atoms with van der Waals surface area (Å²) < 4.78 is 0. The minimum absolute atomic E-state index is 0.106. The fourth-order valence-electron chi connectivity index (χ4n) is 1.88. The van der Waals surface area contributed by atoms with Crippen LogP contribution in [-0.2, 0) is 0 Å². The van der Waals surface area contributed by atoms with E-state index in [1.54, 1.807) is 4.90 Å². The Morgan fingerprint density at radius 2 is 2.14 bits per heavy atom. The Morgan fingerprint density at radius 3 is 2.50 bits per heavy atom. The number of carbonyl (C=O) groups excluding carboxylic acids is 1. The van der Waals surface area contributed by atoms with Gasteiger partial charge in [0, 0.05) is 26.2 Å². The minimum Gasteiger partial charge on any atom is -0.323 e. The van der Waals surface area contributed by atoms with E-state index in [4.69, 9.17) is 0 Å². The number of hydrogen-bond acceptors (Lipinski definition) is 2. The minimum atomic E-state index is -0.106. The molecule has 0 aromatic rings. The van der Waals surface area contributed by atoms with Crippen molar-refractivity contribution in [3.63, 3.8) is 0 Å². The molecule has 1 fully saturated rings.